The molecule has 2 aromatic rings. The Morgan fingerprint density at radius 3 is 2.33 bits per heavy atom. The summed E-state index contributed by atoms with van der Waals surface area (Å²) in [6.07, 6.45) is 0.957. The highest BCUT2D eigenvalue weighted by molar-refractivity contribution is 5.94. The van der Waals surface area contributed by atoms with Crippen molar-refractivity contribution in [2.75, 3.05) is 13.1 Å². The summed E-state index contributed by atoms with van der Waals surface area (Å²) < 4.78 is 5.94. The van der Waals surface area contributed by atoms with Gasteiger partial charge < -0.3 is 15.0 Å². The third-order valence-electron chi connectivity index (χ3n) is 5.04. The lowest BCUT2D eigenvalue weighted by Gasteiger charge is -2.18. The number of amides is 1. The summed E-state index contributed by atoms with van der Waals surface area (Å²) in [7, 11) is 0. The van der Waals surface area contributed by atoms with Gasteiger partial charge in [-0.15, -0.1) is 0 Å². The summed E-state index contributed by atoms with van der Waals surface area (Å²) in [6, 6.07) is 14.3. The van der Waals surface area contributed by atoms with E-state index in [9.17, 15) is 4.79 Å². The third kappa shape index (κ3) is 4.69. The molecule has 1 aliphatic heterocycles. The molecule has 27 heavy (non-hydrogen) atoms. The predicted octanol–water partition coefficient (Wildman–Crippen LogP) is 4.17. The van der Waals surface area contributed by atoms with Crippen LogP contribution in [0, 0.1) is 0 Å². The topological polar surface area (TPSA) is 41.6 Å². The highest BCUT2D eigenvalue weighted by atomic mass is 16.5. The Morgan fingerprint density at radius 2 is 1.67 bits per heavy atom. The molecule has 4 nitrogen and oxygen atoms in total. The number of benzene rings is 2. The average molecular weight is 367 g/mol. The van der Waals surface area contributed by atoms with Crippen LogP contribution in [0.1, 0.15) is 54.7 Å². The van der Waals surface area contributed by atoms with Crippen molar-refractivity contribution < 1.29 is 9.53 Å². The van der Waals surface area contributed by atoms with E-state index in [1.807, 2.05) is 43.0 Å². The minimum Gasteiger partial charge on any atom is -0.487 e. The molecule has 0 atom stereocenters. The highest BCUT2D eigenvalue weighted by Crippen LogP contribution is 2.35. The molecular weight excluding hydrogens is 336 g/mol. The number of fused-ring (bicyclic) bond motifs is 1. The molecule has 0 aromatic heterocycles. The van der Waals surface area contributed by atoms with Crippen molar-refractivity contribution in [3.63, 3.8) is 0 Å². The second-order valence-corrected chi connectivity index (χ2v) is 7.76. The van der Waals surface area contributed by atoms with E-state index in [0.29, 0.717) is 0 Å². The number of ether oxygens (including phenoxy) is 1. The molecule has 2 aromatic carbocycles. The summed E-state index contributed by atoms with van der Waals surface area (Å²) in [6.45, 7) is 11.3. The number of nitrogens with one attached hydrogen (secondary N) is 1. The minimum atomic E-state index is -0.0985. The molecule has 0 unspecified atom stereocenters. The second-order valence-electron chi connectivity index (χ2n) is 7.76. The van der Waals surface area contributed by atoms with Crippen LogP contribution in [0.2, 0.25) is 0 Å². The van der Waals surface area contributed by atoms with E-state index < -0.39 is 0 Å². The van der Waals surface area contributed by atoms with Crippen molar-refractivity contribution in [1.29, 1.82) is 0 Å². The summed E-state index contributed by atoms with van der Waals surface area (Å²) >= 11 is 0. The van der Waals surface area contributed by atoms with Gasteiger partial charge in [-0.05, 0) is 62.6 Å². The van der Waals surface area contributed by atoms with E-state index in [2.05, 4.69) is 37.4 Å². The third-order valence-corrected chi connectivity index (χ3v) is 5.04. The van der Waals surface area contributed by atoms with Crippen molar-refractivity contribution in [3.8, 4) is 5.75 Å². The van der Waals surface area contributed by atoms with Crippen molar-refractivity contribution in [3.05, 3.63) is 64.7 Å². The van der Waals surface area contributed by atoms with Crippen molar-refractivity contribution >= 4 is 5.91 Å². The quantitative estimate of drug-likeness (QED) is 0.799. The number of rotatable bonds is 7. The first-order valence-electron chi connectivity index (χ1n) is 9.81. The van der Waals surface area contributed by atoms with Crippen molar-refractivity contribution in [1.82, 2.24) is 10.2 Å². The van der Waals surface area contributed by atoms with E-state index in [1.165, 1.54) is 16.7 Å². The van der Waals surface area contributed by atoms with E-state index in [0.717, 1.165) is 43.9 Å². The van der Waals surface area contributed by atoms with Gasteiger partial charge in [-0.1, -0.05) is 24.3 Å². The fourth-order valence-corrected chi connectivity index (χ4v) is 3.58. The standard InChI is InChI=1S/C23H30N2O2/c1-5-25(6-2)22(26)19-10-7-17(8-11-19)15-24-16-18-9-12-21-20(13-18)14-23(3,4)27-21/h7-13,24H,5-6,14-16H2,1-4H3. The molecule has 0 radical (unpaired) electrons. The van der Waals surface area contributed by atoms with Gasteiger partial charge in [0, 0.05) is 38.2 Å². The van der Waals surface area contributed by atoms with Crippen LogP contribution < -0.4 is 10.1 Å². The van der Waals surface area contributed by atoms with Gasteiger partial charge in [-0.3, -0.25) is 4.79 Å². The second kappa shape index (κ2) is 8.13. The molecule has 0 bridgehead atoms. The molecule has 0 saturated carbocycles. The Hall–Kier alpha value is -2.33. The first kappa shape index (κ1) is 19.4. The monoisotopic (exact) mass is 366 g/mol. The van der Waals surface area contributed by atoms with Crippen LogP contribution in [-0.2, 0) is 19.5 Å². The Bertz CT molecular complexity index is 793. The largest absolute Gasteiger partial charge is 0.487 e. The Labute approximate surface area is 162 Å². The molecule has 3 rings (SSSR count). The zero-order valence-corrected chi connectivity index (χ0v) is 16.8. The summed E-state index contributed by atoms with van der Waals surface area (Å²) in [5.41, 5.74) is 4.39. The van der Waals surface area contributed by atoms with Gasteiger partial charge in [0.25, 0.3) is 5.91 Å². The first-order chi connectivity index (χ1) is 12.9. The maximum absolute atomic E-state index is 12.4. The molecule has 0 fully saturated rings. The highest BCUT2D eigenvalue weighted by Gasteiger charge is 2.29. The number of carbonyl (C=O) groups is 1. The molecule has 4 heteroatoms. The molecule has 0 spiro atoms. The molecule has 1 amide bonds. The zero-order valence-electron chi connectivity index (χ0n) is 16.8. The van der Waals surface area contributed by atoms with Gasteiger partial charge in [-0.2, -0.15) is 0 Å². The van der Waals surface area contributed by atoms with Gasteiger partial charge in [-0.25, -0.2) is 0 Å². The van der Waals surface area contributed by atoms with Gasteiger partial charge in [0.15, 0.2) is 0 Å². The SMILES string of the molecule is CCN(CC)C(=O)c1ccc(CNCc2ccc3c(c2)CC(C)(C)O3)cc1. The van der Waals surface area contributed by atoms with E-state index in [-0.39, 0.29) is 11.5 Å². The number of carbonyl (C=O) groups excluding carboxylic acids is 1. The van der Waals surface area contributed by atoms with Crippen LogP contribution in [0.15, 0.2) is 42.5 Å². The maximum atomic E-state index is 12.4. The molecule has 1 N–H and O–H groups in total. The lowest BCUT2D eigenvalue weighted by atomic mass is 10.0. The van der Waals surface area contributed by atoms with E-state index in [1.54, 1.807) is 0 Å². The summed E-state index contributed by atoms with van der Waals surface area (Å²) in [5.74, 6) is 1.11. The van der Waals surface area contributed by atoms with Gasteiger partial charge in [0.05, 0.1) is 0 Å². The average Bonchev–Trinajstić information content (AvgIpc) is 2.96. The van der Waals surface area contributed by atoms with Crippen LogP contribution in [0.5, 0.6) is 5.75 Å². The maximum Gasteiger partial charge on any atom is 0.253 e. The van der Waals surface area contributed by atoms with Crippen LogP contribution in [0.3, 0.4) is 0 Å². The zero-order chi connectivity index (χ0) is 19.4. The van der Waals surface area contributed by atoms with Gasteiger partial charge in [0.2, 0.25) is 0 Å². The summed E-state index contributed by atoms with van der Waals surface area (Å²) in [5, 5.41) is 3.49. The Kier molecular flexibility index (Phi) is 5.85. The van der Waals surface area contributed by atoms with Crippen LogP contribution >= 0.6 is 0 Å². The molecular formula is C23H30N2O2. The molecule has 1 aliphatic rings. The molecule has 144 valence electrons. The predicted molar refractivity (Wildman–Crippen MR) is 109 cm³/mol. The van der Waals surface area contributed by atoms with Crippen LogP contribution in [-0.4, -0.2) is 29.5 Å². The van der Waals surface area contributed by atoms with Crippen LogP contribution in [0.25, 0.3) is 0 Å². The fourth-order valence-electron chi connectivity index (χ4n) is 3.58. The lowest BCUT2D eigenvalue weighted by Crippen LogP contribution is -2.30. The van der Waals surface area contributed by atoms with Crippen LogP contribution in [0.4, 0.5) is 0 Å². The number of nitrogens with zero attached hydrogens (tertiary/aromatic N) is 1. The Balaban J connectivity index is 1.53. The lowest BCUT2D eigenvalue weighted by molar-refractivity contribution is 0.0773. The molecule has 1 heterocycles. The molecule has 0 saturated heterocycles. The minimum absolute atomic E-state index is 0.0985. The normalized spacial score (nSPS) is 14.5. The van der Waals surface area contributed by atoms with E-state index in [4.69, 9.17) is 4.74 Å². The van der Waals surface area contributed by atoms with Gasteiger partial charge >= 0.3 is 0 Å². The first-order valence-corrected chi connectivity index (χ1v) is 9.81. The molecule has 0 aliphatic carbocycles. The van der Waals surface area contributed by atoms with Crippen molar-refractivity contribution in [2.45, 2.75) is 52.8 Å². The smallest absolute Gasteiger partial charge is 0.253 e. The number of hydrogen-bond acceptors (Lipinski definition) is 3. The summed E-state index contributed by atoms with van der Waals surface area (Å²) in [4.78, 5) is 14.2. The Morgan fingerprint density at radius 1 is 1.04 bits per heavy atom. The fraction of sp³-hybridized carbons (Fsp3) is 0.435. The van der Waals surface area contributed by atoms with Crippen molar-refractivity contribution in [2.24, 2.45) is 0 Å². The van der Waals surface area contributed by atoms with E-state index >= 15 is 0 Å². The van der Waals surface area contributed by atoms with Gasteiger partial charge in [0.1, 0.15) is 11.4 Å². The number of hydrogen-bond donors (Lipinski definition) is 1.